The lowest BCUT2D eigenvalue weighted by Crippen LogP contribution is -2.10. The second-order valence-electron chi connectivity index (χ2n) is 6.64. The van der Waals surface area contributed by atoms with E-state index >= 15 is 0 Å². The highest BCUT2D eigenvalue weighted by molar-refractivity contribution is 9.10. The Morgan fingerprint density at radius 3 is 2.91 bits per heavy atom. The van der Waals surface area contributed by atoms with Crippen molar-refractivity contribution in [1.29, 1.82) is 0 Å². The van der Waals surface area contributed by atoms with Crippen LogP contribution in [-0.4, -0.2) is 16.8 Å². The molecule has 1 aromatic carbocycles. The third kappa shape index (κ3) is 3.56. The minimum absolute atomic E-state index is 0.107. The fraction of sp³-hybridized carbons (Fsp3) is 0.444. The molecule has 1 aromatic rings. The zero-order chi connectivity index (χ0) is 16.6. The highest BCUT2D eigenvalue weighted by Gasteiger charge is 2.61. The highest BCUT2D eigenvalue weighted by Crippen LogP contribution is 2.60. The number of esters is 1. The number of carbonyl (C=O) groups excluding carboxylic acids is 2. The summed E-state index contributed by atoms with van der Waals surface area (Å²) in [6.45, 7) is 4.40. The van der Waals surface area contributed by atoms with E-state index in [2.05, 4.69) is 29.8 Å². The number of thioether (sulfide) groups is 1. The van der Waals surface area contributed by atoms with Gasteiger partial charge in [-0.25, -0.2) is 0 Å². The average Bonchev–Trinajstić information content (AvgIpc) is 2.81. The number of hydrogen-bond acceptors (Lipinski definition) is 4. The molecular weight excluding hydrogens is 376 g/mol. The summed E-state index contributed by atoms with van der Waals surface area (Å²) >= 11 is 4.78. The number of carbonyl (C=O) groups is 2. The highest BCUT2D eigenvalue weighted by atomic mass is 79.9. The molecule has 2 aliphatic rings. The van der Waals surface area contributed by atoms with Gasteiger partial charge in [-0.1, -0.05) is 59.7 Å². The Morgan fingerprint density at radius 1 is 1.48 bits per heavy atom. The SMILES string of the molecule is CC1(C)C(/C=C2\CCSC2=O)C1C(=O)OCc1cccc(Br)c1. The van der Waals surface area contributed by atoms with Gasteiger partial charge in [0.1, 0.15) is 6.61 Å². The first-order chi connectivity index (χ1) is 10.9. The molecule has 0 bridgehead atoms. The predicted octanol–water partition coefficient (Wildman–Crippen LogP) is 4.35. The molecule has 0 radical (unpaired) electrons. The summed E-state index contributed by atoms with van der Waals surface area (Å²) in [6.07, 6.45) is 2.82. The molecule has 2 atom stereocenters. The van der Waals surface area contributed by atoms with Gasteiger partial charge in [-0.3, -0.25) is 9.59 Å². The maximum absolute atomic E-state index is 12.4. The molecule has 1 aliphatic heterocycles. The van der Waals surface area contributed by atoms with Gasteiger partial charge < -0.3 is 4.74 Å². The molecule has 1 saturated carbocycles. The van der Waals surface area contributed by atoms with Crippen LogP contribution in [0.25, 0.3) is 0 Å². The van der Waals surface area contributed by atoms with Crippen LogP contribution in [0, 0.1) is 17.3 Å². The van der Waals surface area contributed by atoms with E-state index in [0.717, 1.165) is 27.8 Å². The summed E-state index contributed by atoms with van der Waals surface area (Å²) in [4.78, 5) is 24.1. The number of allylic oxidation sites excluding steroid dienone is 1. The van der Waals surface area contributed by atoms with Crippen molar-refractivity contribution in [3.63, 3.8) is 0 Å². The number of hydrogen-bond donors (Lipinski definition) is 0. The summed E-state index contributed by atoms with van der Waals surface area (Å²) in [5.41, 5.74) is 1.70. The molecule has 1 heterocycles. The molecule has 5 heteroatoms. The van der Waals surface area contributed by atoms with E-state index in [1.165, 1.54) is 11.8 Å². The zero-order valence-electron chi connectivity index (χ0n) is 13.2. The lowest BCUT2D eigenvalue weighted by molar-refractivity contribution is -0.147. The summed E-state index contributed by atoms with van der Waals surface area (Å²) in [5, 5.41) is 0.161. The minimum Gasteiger partial charge on any atom is -0.461 e. The van der Waals surface area contributed by atoms with Gasteiger partial charge >= 0.3 is 5.97 Å². The van der Waals surface area contributed by atoms with E-state index in [9.17, 15) is 9.59 Å². The molecule has 1 aliphatic carbocycles. The molecule has 0 spiro atoms. The van der Waals surface area contributed by atoms with Crippen molar-refractivity contribution in [2.24, 2.45) is 17.3 Å². The molecule has 0 aromatic heterocycles. The largest absolute Gasteiger partial charge is 0.461 e. The molecule has 23 heavy (non-hydrogen) atoms. The van der Waals surface area contributed by atoms with Crippen LogP contribution >= 0.6 is 27.7 Å². The van der Waals surface area contributed by atoms with Crippen molar-refractivity contribution in [2.45, 2.75) is 26.9 Å². The third-order valence-corrected chi connectivity index (χ3v) is 6.11. The number of benzene rings is 1. The second kappa shape index (κ2) is 6.44. The zero-order valence-corrected chi connectivity index (χ0v) is 15.6. The summed E-state index contributed by atoms with van der Waals surface area (Å²) in [5.74, 6) is 0.640. The van der Waals surface area contributed by atoms with Gasteiger partial charge in [0.2, 0.25) is 5.12 Å². The Hall–Kier alpha value is -1.07. The Balaban J connectivity index is 1.62. The van der Waals surface area contributed by atoms with Gasteiger partial charge in [0.25, 0.3) is 0 Å². The molecule has 2 fully saturated rings. The molecule has 0 amide bonds. The molecule has 2 unspecified atom stereocenters. The Labute approximate surface area is 149 Å². The van der Waals surface area contributed by atoms with E-state index in [1.54, 1.807) is 0 Å². The van der Waals surface area contributed by atoms with Gasteiger partial charge in [0.05, 0.1) is 5.92 Å². The normalized spacial score (nSPS) is 27.3. The summed E-state index contributed by atoms with van der Waals surface area (Å²) < 4.78 is 6.46. The lowest BCUT2D eigenvalue weighted by atomic mass is 10.1. The van der Waals surface area contributed by atoms with Crippen molar-refractivity contribution in [3.8, 4) is 0 Å². The number of rotatable bonds is 4. The Kier molecular flexibility index (Phi) is 4.70. The van der Waals surface area contributed by atoms with Crippen LogP contribution in [0.1, 0.15) is 25.8 Å². The van der Waals surface area contributed by atoms with Crippen molar-refractivity contribution >= 4 is 38.8 Å². The van der Waals surface area contributed by atoms with E-state index in [4.69, 9.17) is 4.74 Å². The van der Waals surface area contributed by atoms with Crippen molar-refractivity contribution in [2.75, 3.05) is 5.75 Å². The van der Waals surface area contributed by atoms with E-state index in [0.29, 0.717) is 0 Å². The number of halogens is 1. The Bertz CT molecular complexity index is 681. The van der Waals surface area contributed by atoms with E-state index < -0.39 is 0 Å². The molecule has 0 N–H and O–H groups in total. The summed E-state index contributed by atoms with van der Waals surface area (Å²) in [7, 11) is 0. The van der Waals surface area contributed by atoms with Crippen LogP contribution in [0.5, 0.6) is 0 Å². The Morgan fingerprint density at radius 2 is 2.26 bits per heavy atom. The van der Waals surface area contributed by atoms with Crippen LogP contribution in [0.3, 0.4) is 0 Å². The van der Waals surface area contributed by atoms with E-state index in [-0.39, 0.29) is 34.9 Å². The van der Waals surface area contributed by atoms with Gasteiger partial charge in [0.15, 0.2) is 0 Å². The first-order valence-electron chi connectivity index (χ1n) is 7.68. The average molecular weight is 395 g/mol. The van der Waals surface area contributed by atoms with Crippen LogP contribution in [0.2, 0.25) is 0 Å². The number of ether oxygens (including phenoxy) is 1. The lowest BCUT2D eigenvalue weighted by Gasteiger charge is -2.06. The van der Waals surface area contributed by atoms with Crippen molar-refractivity contribution in [1.82, 2.24) is 0 Å². The fourth-order valence-corrected chi connectivity index (χ4v) is 4.44. The molecule has 3 rings (SSSR count). The van der Waals surface area contributed by atoms with Crippen LogP contribution in [-0.2, 0) is 20.9 Å². The van der Waals surface area contributed by atoms with Crippen LogP contribution < -0.4 is 0 Å². The first-order valence-corrected chi connectivity index (χ1v) is 9.46. The van der Waals surface area contributed by atoms with Gasteiger partial charge in [-0.2, -0.15) is 0 Å². The maximum atomic E-state index is 12.4. The predicted molar refractivity (Wildman–Crippen MR) is 94.9 cm³/mol. The van der Waals surface area contributed by atoms with Crippen molar-refractivity contribution < 1.29 is 14.3 Å². The third-order valence-electron chi connectivity index (χ3n) is 4.68. The van der Waals surface area contributed by atoms with E-state index in [1.807, 2.05) is 30.3 Å². The van der Waals surface area contributed by atoms with Crippen molar-refractivity contribution in [3.05, 3.63) is 46.0 Å². The molecule has 3 nitrogen and oxygen atoms in total. The summed E-state index contributed by atoms with van der Waals surface area (Å²) in [6, 6.07) is 7.74. The van der Waals surface area contributed by atoms with Gasteiger partial charge in [-0.15, -0.1) is 0 Å². The monoisotopic (exact) mass is 394 g/mol. The fourth-order valence-electron chi connectivity index (χ4n) is 3.13. The molecular formula is C18H19BrO3S. The topological polar surface area (TPSA) is 43.4 Å². The minimum atomic E-state index is -0.171. The van der Waals surface area contributed by atoms with Crippen LogP contribution in [0.4, 0.5) is 0 Å². The standard InChI is InChI=1S/C18H19BrO3S/c1-18(2)14(9-12-6-7-23-17(12)21)15(18)16(20)22-10-11-4-3-5-13(19)8-11/h3-5,8-9,14-15H,6-7,10H2,1-2H3/b12-9+. The quantitative estimate of drug-likeness (QED) is 0.562. The van der Waals surface area contributed by atoms with Gasteiger partial charge in [0, 0.05) is 15.8 Å². The van der Waals surface area contributed by atoms with Gasteiger partial charge in [-0.05, 0) is 35.4 Å². The first kappa shape index (κ1) is 16.8. The second-order valence-corrected chi connectivity index (χ2v) is 8.62. The maximum Gasteiger partial charge on any atom is 0.310 e. The smallest absolute Gasteiger partial charge is 0.310 e. The molecule has 122 valence electrons. The molecule has 1 saturated heterocycles. The van der Waals surface area contributed by atoms with Crippen LogP contribution in [0.15, 0.2) is 40.4 Å².